The molecule has 6 rings (SSSR count). The number of imidazole rings is 1. The third kappa shape index (κ3) is 4.82. The van der Waals surface area contributed by atoms with Gasteiger partial charge in [-0.25, -0.2) is 13.8 Å². The number of fused-ring (bicyclic) bond motifs is 2. The molecule has 0 unspecified atom stereocenters. The molecule has 200 valence electrons. The van der Waals surface area contributed by atoms with E-state index in [1.807, 2.05) is 18.2 Å². The molecule has 0 bridgehead atoms. The number of hydrogen-bond acceptors (Lipinski definition) is 5. The number of rotatable bonds is 6. The van der Waals surface area contributed by atoms with Crippen molar-refractivity contribution in [3.8, 4) is 33.9 Å². The Bertz CT molecular complexity index is 1880. The number of aromatic amines is 2. The van der Waals surface area contributed by atoms with Crippen molar-refractivity contribution in [1.29, 1.82) is 0 Å². The molecule has 4 heterocycles. The van der Waals surface area contributed by atoms with Gasteiger partial charge in [0.15, 0.2) is 11.6 Å². The van der Waals surface area contributed by atoms with Crippen LogP contribution >= 0.6 is 0 Å². The van der Waals surface area contributed by atoms with Gasteiger partial charge in [0.2, 0.25) is 0 Å². The summed E-state index contributed by atoms with van der Waals surface area (Å²) in [6.45, 7) is 10.5. The number of allylic oxidation sites excluding steroid dienone is 1. The van der Waals surface area contributed by atoms with Crippen LogP contribution < -0.4 is 5.32 Å². The highest BCUT2D eigenvalue weighted by Gasteiger charge is 2.21. The van der Waals surface area contributed by atoms with E-state index >= 15 is 4.39 Å². The fourth-order valence-electron chi connectivity index (χ4n) is 4.88. The second-order valence-corrected chi connectivity index (χ2v) is 11.0. The van der Waals surface area contributed by atoms with Crippen molar-refractivity contribution in [2.24, 2.45) is 5.41 Å². The van der Waals surface area contributed by atoms with Crippen LogP contribution in [0.3, 0.4) is 0 Å². The monoisotopic (exact) mass is 535 g/mol. The lowest BCUT2D eigenvalue weighted by Gasteiger charge is -2.20. The number of anilines is 1. The number of hydrogen-bond donors (Lipinski definition) is 3. The van der Waals surface area contributed by atoms with Gasteiger partial charge in [0, 0.05) is 23.0 Å². The van der Waals surface area contributed by atoms with E-state index in [1.54, 1.807) is 36.8 Å². The molecular weight excluding hydrogens is 508 g/mol. The number of pyridine rings is 2. The zero-order valence-electron chi connectivity index (χ0n) is 22.3. The summed E-state index contributed by atoms with van der Waals surface area (Å²) in [7, 11) is 0. The van der Waals surface area contributed by atoms with E-state index in [9.17, 15) is 4.39 Å². The van der Waals surface area contributed by atoms with Crippen LogP contribution in [-0.2, 0) is 0 Å². The highest BCUT2D eigenvalue weighted by molar-refractivity contribution is 5.98. The lowest BCUT2D eigenvalue weighted by molar-refractivity contribution is 0.411. The van der Waals surface area contributed by atoms with E-state index in [0.29, 0.717) is 33.8 Å². The summed E-state index contributed by atoms with van der Waals surface area (Å²) in [5.41, 5.74) is 6.13. The Kier molecular flexibility index (Phi) is 6.14. The van der Waals surface area contributed by atoms with Gasteiger partial charge in [0.05, 0.1) is 40.0 Å². The van der Waals surface area contributed by atoms with Crippen molar-refractivity contribution in [2.75, 3.05) is 5.32 Å². The van der Waals surface area contributed by atoms with Crippen LogP contribution in [0.4, 0.5) is 14.5 Å². The average Bonchev–Trinajstić information content (AvgIpc) is 3.53. The molecule has 9 heteroatoms. The number of para-hydroxylation sites is 1. The highest BCUT2D eigenvalue weighted by atomic mass is 19.1. The Morgan fingerprint density at radius 2 is 1.75 bits per heavy atom. The minimum atomic E-state index is -0.534. The molecule has 40 heavy (non-hydrogen) atoms. The molecule has 0 fully saturated rings. The van der Waals surface area contributed by atoms with Gasteiger partial charge in [0.25, 0.3) is 0 Å². The first-order valence-corrected chi connectivity index (χ1v) is 12.8. The first-order chi connectivity index (χ1) is 19.2. The quantitative estimate of drug-likeness (QED) is 0.202. The van der Waals surface area contributed by atoms with E-state index in [4.69, 9.17) is 4.98 Å². The summed E-state index contributed by atoms with van der Waals surface area (Å²) < 4.78 is 29.6. The number of halogens is 2. The van der Waals surface area contributed by atoms with Crippen LogP contribution in [0.15, 0.2) is 79.4 Å². The molecule has 0 aliphatic heterocycles. The maximum atomic E-state index is 16.1. The van der Waals surface area contributed by atoms with Gasteiger partial charge in [-0.05, 0) is 41.7 Å². The lowest BCUT2D eigenvalue weighted by Crippen LogP contribution is -2.10. The standard InChI is InChI=1S/C31H27F2N7/c1-17(13-31(2,3)4)36-21-12-19(14-34-15-21)27-26(33)25-24(16-35-27)39-40-29(25)30-37-23-7-5-6-22(28(23)38-30)18-8-10-20(32)11-9-18/h5-12,14-16,36H,1,13H2,2-4H3,(H,37,38)(H,39,40). The van der Waals surface area contributed by atoms with Crippen LogP contribution in [-0.4, -0.2) is 30.1 Å². The SMILES string of the molecule is C=C(CC(C)(C)C)Nc1cncc(-c2ncc3[nH]nc(-c4nc5c(-c6ccc(F)cc6)cccc5[nH]4)c3c2F)c1. The minimum Gasteiger partial charge on any atom is -0.358 e. The first kappa shape index (κ1) is 25.4. The molecule has 0 saturated carbocycles. The van der Waals surface area contributed by atoms with E-state index in [-0.39, 0.29) is 22.3 Å². The minimum absolute atomic E-state index is 0.0714. The molecule has 0 saturated heterocycles. The van der Waals surface area contributed by atoms with Crippen molar-refractivity contribution in [1.82, 2.24) is 30.1 Å². The van der Waals surface area contributed by atoms with E-state index in [2.05, 4.69) is 57.8 Å². The highest BCUT2D eigenvalue weighted by Crippen LogP contribution is 2.35. The maximum absolute atomic E-state index is 16.1. The van der Waals surface area contributed by atoms with E-state index in [1.165, 1.54) is 12.1 Å². The molecule has 2 aromatic carbocycles. The zero-order valence-corrected chi connectivity index (χ0v) is 22.3. The molecule has 3 N–H and O–H groups in total. The van der Waals surface area contributed by atoms with Crippen molar-refractivity contribution < 1.29 is 8.78 Å². The van der Waals surface area contributed by atoms with Crippen molar-refractivity contribution in [3.63, 3.8) is 0 Å². The fourth-order valence-corrected chi connectivity index (χ4v) is 4.88. The molecule has 0 spiro atoms. The number of nitrogens with one attached hydrogen (secondary N) is 3. The van der Waals surface area contributed by atoms with Crippen LogP contribution in [0.25, 0.3) is 55.8 Å². The summed E-state index contributed by atoms with van der Waals surface area (Å²) in [5.74, 6) is -0.445. The van der Waals surface area contributed by atoms with Gasteiger partial charge in [0.1, 0.15) is 17.2 Å². The fraction of sp³-hybridized carbons (Fsp3) is 0.161. The van der Waals surface area contributed by atoms with Crippen LogP contribution in [0, 0.1) is 17.0 Å². The Morgan fingerprint density at radius 1 is 0.950 bits per heavy atom. The maximum Gasteiger partial charge on any atom is 0.161 e. The number of H-pyrrole nitrogens is 2. The summed E-state index contributed by atoms with van der Waals surface area (Å²) in [4.78, 5) is 16.7. The number of benzene rings is 2. The third-order valence-electron chi connectivity index (χ3n) is 6.51. The molecule has 0 amide bonds. The molecule has 0 radical (unpaired) electrons. The second kappa shape index (κ2) is 9.68. The Labute approximate surface area is 229 Å². The van der Waals surface area contributed by atoms with Gasteiger partial charge in [-0.2, -0.15) is 5.10 Å². The number of aromatic nitrogens is 6. The molecule has 4 aromatic heterocycles. The largest absolute Gasteiger partial charge is 0.358 e. The van der Waals surface area contributed by atoms with Gasteiger partial charge in [-0.3, -0.25) is 15.1 Å². The molecule has 0 atom stereocenters. The Balaban J connectivity index is 1.40. The predicted molar refractivity (Wildman–Crippen MR) is 154 cm³/mol. The average molecular weight is 536 g/mol. The molecule has 0 aliphatic rings. The molecule has 7 nitrogen and oxygen atoms in total. The smallest absolute Gasteiger partial charge is 0.161 e. The molecule has 6 aromatic rings. The first-order valence-electron chi connectivity index (χ1n) is 12.8. The third-order valence-corrected chi connectivity index (χ3v) is 6.51. The van der Waals surface area contributed by atoms with Crippen molar-refractivity contribution in [3.05, 3.63) is 91.0 Å². The number of nitrogens with zero attached hydrogens (tertiary/aromatic N) is 4. The van der Waals surface area contributed by atoms with E-state index < -0.39 is 5.82 Å². The summed E-state index contributed by atoms with van der Waals surface area (Å²) >= 11 is 0. The Hall–Kier alpha value is -4.92. The van der Waals surface area contributed by atoms with E-state index in [0.717, 1.165) is 28.8 Å². The van der Waals surface area contributed by atoms with Gasteiger partial charge in [-0.1, -0.05) is 51.6 Å². The zero-order chi connectivity index (χ0) is 28.0. The van der Waals surface area contributed by atoms with Crippen molar-refractivity contribution in [2.45, 2.75) is 27.2 Å². The molecule has 0 aliphatic carbocycles. The normalized spacial score (nSPS) is 11.8. The van der Waals surface area contributed by atoms with Crippen LogP contribution in [0.2, 0.25) is 0 Å². The summed E-state index contributed by atoms with van der Waals surface area (Å²) in [6.07, 6.45) is 5.57. The second-order valence-electron chi connectivity index (χ2n) is 11.0. The van der Waals surface area contributed by atoms with Gasteiger partial charge >= 0.3 is 0 Å². The van der Waals surface area contributed by atoms with Crippen LogP contribution in [0.1, 0.15) is 27.2 Å². The van der Waals surface area contributed by atoms with Crippen LogP contribution in [0.5, 0.6) is 0 Å². The van der Waals surface area contributed by atoms with Gasteiger partial charge in [-0.15, -0.1) is 0 Å². The summed E-state index contributed by atoms with van der Waals surface area (Å²) in [5, 5.41) is 10.8. The summed E-state index contributed by atoms with van der Waals surface area (Å²) in [6, 6.07) is 13.7. The van der Waals surface area contributed by atoms with Crippen molar-refractivity contribution >= 4 is 27.6 Å². The molecular formula is C31H27F2N7. The lowest BCUT2D eigenvalue weighted by atomic mass is 9.91. The topological polar surface area (TPSA) is 95.2 Å². The predicted octanol–water partition coefficient (Wildman–Crippen LogP) is 7.87. The van der Waals surface area contributed by atoms with Gasteiger partial charge < -0.3 is 10.3 Å². The Morgan fingerprint density at radius 3 is 2.52 bits per heavy atom.